The van der Waals surface area contributed by atoms with Crippen LogP contribution in [0.4, 0.5) is 0 Å². The molecule has 3 atom stereocenters. The molecule has 0 spiro atoms. The van der Waals surface area contributed by atoms with Crippen molar-refractivity contribution >= 4 is 5.91 Å². The van der Waals surface area contributed by atoms with Gasteiger partial charge in [-0.15, -0.1) is 6.58 Å². The summed E-state index contributed by atoms with van der Waals surface area (Å²) in [5, 5.41) is 0. The van der Waals surface area contributed by atoms with E-state index in [-0.39, 0.29) is 11.3 Å². The zero-order chi connectivity index (χ0) is 15.3. The lowest BCUT2D eigenvalue weighted by atomic mass is 9.74. The van der Waals surface area contributed by atoms with Crippen molar-refractivity contribution in [3.63, 3.8) is 0 Å². The summed E-state index contributed by atoms with van der Waals surface area (Å²) in [5.41, 5.74) is 0.0837. The van der Waals surface area contributed by atoms with Crippen molar-refractivity contribution in [2.24, 2.45) is 17.3 Å². The average molecular weight is 289 g/mol. The highest BCUT2D eigenvalue weighted by Gasteiger charge is 2.51. The number of allylic oxidation sites excluding steroid dienone is 3. The number of nitrogens with zero attached hydrogens (tertiary/aromatic N) is 1. The number of hydrogen-bond donors (Lipinski definition) is 0. The Morgan fingerprint density at radius 2 is 2.19 bits per heavy atom. The van der Waals surface area contributed by atoms with E-state index in [0.29, 0.717) is 11.8 Å². The van der Waals surface area contributed by atoms with E-state index < -0.39 is 0 Å². The topological polar surface area (TPSA) is 20.3 Å². The minimum Gasteiger partial charge on any atom is -0.343 e. The molecule has 2 rings (SSSR count). The van der Waals surface area contributed by atoms with Crippen molar-refractivity contribution in [2.75, 3.05) is 13.1 Å². The molecule has 2 nitrogen and oxygen atoms in total. The molecule has 2 aliphatic rings. The van der Waals surface area contributed by atoms with E-state index in [1.165, 1.54) is 19.3 Å². The summed E-state index contributed by atoms with van der Waals surface area (Å²) >= 11 is 0. The Morgan fingerprint density at radius 3 is 2.81 bits per heavy atom. The standard InChI is InChI=1S/C19H31NO/c1-4-7-8-9-13-20(6-3)18(21)17-14-16-10-12-19(17,15-16)11-5-2/h5,10,12,16-17H,2,4,6-9,11,13-15H2,1,3H3. The van der Waals surface area contributed by atoms with Gasteiger partial charge in [0, 0.05) is 24.4 Å². The fourth-order valence-electron chi connectivity index (χ4n) is 4.19. The summed E-state index contributed by atoms with van der Waals surface area (Å²) in [4.78, 5) is 15.1. The third kappa shape index (κ3) is 3.41. The SMILES string of the molecule is C=CCC12C=CC(CC1C(=O)N(CC)CCCCCC)C2. The van der Waals surface area contributed by atoms with E-state index in [1.54, 1.807) is 0 Å². The first-order valence-corrected chi connectivity index (χ1v) is 8.76. The van der Waals surface area contributed by atoms with Gasteiger partial charge in [0.25, 0.3) is 0 Å². The molecule has 0 saturated heterocycles. The van der Waals surface area contributed by atoms with Gasteiger partial charge in [-0.25, -0.2) is 0 Å². The summed E-state index contributed by atoms with van der Waals surface area (Å²) in [7, 11) is 0. The van der Waals surface area contributed by atoms with Gasteiger partial charge in [-0.3, -0.25) is 4.79 Å². The van der Waals surface area contributed by atoms with Crippen LogP contribution in [-0.2, 0) is 4.79 Å². The summed E-state index contributed by atoms with van der Waals surface area (Å²) in [6.45, 7) is 10.0. The van der Waals surface area contributed by atoms with Crippen molar-refractivity contribution in [1.82, 2.24) is 4.90 Å². The number of rotatable bonds is 9. The number of fused-ring (bicyclic) bond motifs is 2. The number of hydrogen-bond acceptors (Lipinski definition) is 1. The van der Waals surface area contributed by atoms with Gasteiger partial charge < -0.3 is 4.90 Å². The molecule has 0 radical (unpaired) electrons. The van der Waals surface area contributed by atoms with E-state index in [2.05, 4.69) is 37.5 Å². The fourth-order valence-corrected chi connectivity index (χ4v) is 4.19. The minimum atomic E-state index is 0.0837. The van der Waals surface area contributed by atoms with Crippen molar-refractivity contribution < 1.29 is 4.79 Å². The molecule has 0 aromatic rings. The molecule has 0 N–H and O–H groups in total. The third-order valence-electron chi connectivity index (χ3n) is 5.37. The van der Waals surface area contributed by atoms with Crippen LogP contribution in [0.25, 0.3) is 0 Å². The highest BCUT2D eigenvalue weighted by atomic mass is 16.2. The van der Waals surface area contributed by atoms with Gasteiger partial charge in [0.05, 0.1) is 0 Å². The van der Waals surface area contributed by atoms with Crippen molar-refractivity contribution in [1.29, 1.82) is 0 Å². The largest absolute Gasteiger partial charge is 0.343 e. The van der Waals surface area contributed by atoms with Crippen molar-refractivity contribution in [2.45, 2.75) is 58.8 Å². The van der Waals surface area contributed by atoms with E-state index >= 15 is 0 Å². The van der Waals surface area contributed by atoms with E-state index in [4.69, 9.17) is 0 Å². The van der Waals surface area contributed by atoms with Gasteiger partial charge in [-0.05, 0) is 38.5 Å². The second-order valence-electron chi connectivity index (χ2n) is 6.82. The van der Waals surface area contributed by atoms with Crippen LogP contribution in [-0.4, -0.2) is 23.9 Å². The maximum absolute atomic E-state index is 13.0. The number of carbonyl (C=O) groups excluding carboxylic acids is 1. The fraction of sp³-hybridized carbons (Fsp3) is 0.737. The zero-order valence-corrected chi connectivity index (χ0v) is 13.8. The second-order valence-corrected chi connectivity index (χ2v) is 6.82. The van der Waals surface area contributed by atoms with Gasteiger partial charge >= 0.3 is 0 Å². The molecule has 118 valence electrons. The Hall–Kier alpha value is -1.05. The molecule has 2 aliphatic carbocycles. The molecular formula is C19H31NO. The van der Waals surface area contributed by atoms with Crippen LogP contribution in [0.3, 0.4) is 0 Å². The number of carbonyl (C=O) groups is 1. The van der Waals surface area contributed by atoms with E-state index in [0.717, 1.165) is 38.8 Å². The second kappa shape index (κ2) is 7.29. The lowest BCUT2D eigenvalue weighted by molar-refractivity contribution is -0.138. The maximum Gasteiger partial charge on any atom is 0.226 e. The summed E-state index contributed by atoms with van der Waals surface area (Å²) in [6, 6.07) is 0. The van der Waals surface area contributed by atoms with Crippen LogP contribution in [0.1, 0.15) is 58.8 Å². The number of unbranched alkanes of at least 4 members (excludes halogenated alkanes) is 3. The number of amides is 1. The van der Waals surface area contributed by atoms with E-state index in [9.17, 15) is 4.79 Å². The van der Waals surface area contributed by atoms with E-state index in [1.807, 2.05) is 6.08 Å². The predicted octanol–water partition coefficient (Wildman–Crippen LogP) is 4.57. The van der Waals surface area contributed by atoms with Gasteiger partial charge in [0.15, 0.2) is 0 Å². The third-order valence-corrected chi connectivity index (χ3v) is 5.37. The van der Waals surface area contributed by atoms with Crippen molar-refractivity contribution in [3.8, 4) is 0 Å². The molecule has 1 amide bonds. The van der Waals surface area contributed by atoms with Gasteiger partial charge in [0.1, 0.15) is 0 Å². The van der Waals surface area contributed by atoms with Gasteiger partial charge in [-0.1, -0.05) is 44.4 Å². The molecule has 0 aromatic carbocycles. The Bertz CT molecular complexity index is 400. The van der Waals surface area contributed by atoms with Gasteiger partial charge in [0.2, 0.25) is 5.91 Å². The molecule has 1 fully saturated rings. The first-order valence-electron chi connectivity index (χ1n) is 8.76. The van der Waals surface area contributed by atoms with Crippen LogP contribution in [0.5, 0.6) is 0 Å². The summed E-state index contributed by atoms with van der Waals surface area (Å²) in [5.74, 6) is 1.21. The summed E-state index contributed by atoms with van der Waals surface area (Å²) < 4.78 is 0. The average Bonchev–Trinajstić information content (AvgIpc) is 3.05. The quantitative estimate of drug-likeness (QED) is 0.449. The molecule has 3 unspecified atom stereocenters. The molecule has 2 heteroatoms. The lowest BCUT2D eigenvalue weighted by Gasteiger charge is -2.34. The van der Waals surface area contributed by atoms with Crippen LogP contribution in [0.2, 0.25) is 0 Å². The molecule has 0 aromatic heterocycles. The minimum absolute atomic E-state index is 0.0837. The molecule has 0 heterocycles. The Kier molecular flexibility index (Phi) is 5.66. The first kappa shape index (κ1) is 16.3. The van der Waals surface area contributed by atoms with Gasteiger partial charge in [-0.2, -0.15) is 0 Å². The molecule has 1 saturated carbocycles. The highest BCUT2D eigenvalue weighted by molar-refractivity contribution is 5.81. The van der Waals surface area contributed by atoms with Crippen molar-refractivity contribution in [3.05, 3.63) is 24.8 Å². The smallest absolute Gasteiger partial charge is 0.226 e. The normalized spacial score (nSPS) is 29.8. The monoisotopic (exact) mass is 289 g/mol. The van der Waals surface area contributed by atoms with Crippen LogP contribution in [0.15, 0.2) is 24.8 Å². The zero-order valence-electron chi connectivity index (χ0n) is 13.8. The highest BCUT2D eigenvalue weighted by Crippen LogP contribution is 2.55. The van der Waals surface area contributed by atoms with Crippen LogP contribution in [0, 0.1) is 17.3 Å². The Balaban J connectivity index is 1.97. The van der Waals surface area contributed by atoms with Crippen LogP contribution >= 0.6 is 0 Å². The first-order chi connectivity index (χ1) is 10.2. The molecular weight excluding hydrogens is 258 g/mol. The molecule has 0 aliphatic heterocycles. The predicted molar refractivity (Wildman–Crippen MR) is 89.0 cm³/mol. The summed E-state index contributed by atoms with van der Waals surface area (Å²) in [6.07, 6.45) is 14.7. The Morgan fingerprint density at radius 1 is 1.38 bits per heavy atom. The molecule has 2 bridgehead atoms. The van der Waals surface area contributed by atoms with Crippen LogP contribution < -0.4 is 0 Å². The maximum atomic E-state index is 13.0. The lowest BCUT2D eigenvalue weighted by Crippen LogP contribution is -2.41. The Labute approximate surface area is 130 Å². The molecule has 21 heavy (non-hydrogen) atoms.